The highest BCUT2D eigenvalue weighted by Crippen LogP contribution is 2.45. The molecule has 0 spiro atoms. The van der Waals surface area contributed by atoms with Gasteiger partial charge < -0.3 is 55.5 Å². The van der Waals surface area contributed by atoms with Crippen molar-refractivity contribution in [2.24, 2.45) is 5.73 Å². The van der Waals surface area contributed by atoms with Gasteiger partial charge in [-0.05, 0) is 60.7 Å². The van der Waals surface area contributed by atoms with Crippen molar-refractivity contribution in [3.63, 3.8) is 0 Å². The van der Waals surface area contributed by atoms with E-state index in [2.05, 4.69) is 15.5 Å². The Morgan fingerprint density at radius 2 is 1.11 bits per heavy atom. The van der Waals surface area contributed by atoms with Crippen molar-refractivity contribution in [2.45, 2.75) is 32.0 Å². The predicted molar refractivity (Wildman–Crippen MR) is 268 cm³/mol. The second-order valence-electron chi connectivity index (χ2n) is 18.2. The second kappa shape index (κ2) is 30.7. The minimum atomic E-state index is -4.52. The largest absolute Gasteiger partial charge is 0.480 e. The number of hydrogen-bond donors (Lipinski definition) is 6. The van der Waals surface area contributed by atoms with Crippen LogP contribution in [0.4, 0.5) is 29.1 Å². The number of aryl methyl sites for hydroxylation is 1. The first-order chi connectivity index (χ1) is 35.4. The lowest BCUT2D eigenvalue weighted by Crippen LogP contribution is -2.50. The number of nitrogens with one attached hydrogen (secondary N) is 2. The Labute approximate surface area is 428 Å². The fourth-order valence-electron chi connectivity index (χ4n) is 8.60. The number of hydrogen-bond acceptors (Lipinski definition) is 16. The molecule has 2 aliphatic heterocycles. The maximum atomic E-state index is 14.8. The molecule has 0 saturated carbocycles. The van der Waals surface area contributed by atoms with Crippen LogP contribution in [0.1, 0.15) is 24.0 Å². The lowest BCUT2D eigenvalue weighted by molar-refractivity contribution is -0.140. The number of pyridine rings is 1. The number of rotatable bonds is 27. The lowest BCUT2D eigenvalue weighted by Gasteiger charge is -2.35. The van der Waals surface area contributed by atoms with Crippen LogP contribution in [0, 0.1) is 12.7 Å². The van der Waals surface area contributed by atoms with Gasteiger partial charge in [-0.15, -0.1) is 0 Å². The molecular weight excluding hydrogens is 979 g/mol. The quantitative estimate of drug-likeness (QED) is 0.0475. The van der Waals surface area contributed by atoms with E-state index in [4.69, 9.17) is 29.7 Å². The summed E-state index contributed by atoms with van der Waals surface area (Å²) in [6.07, 6.45) is -1.45. The van der Waals surface area contributed by atoms with Crippen molar-refractivity contribution in [1.82, 2.24) is 29.9 Å². The number of aromatic nitrogens is 1. The number of carbonyl (C=O) groups is 4. The molecule has 2 fully saturated rings. The zero-order chi connectivity index (χ0) is 53.5. The summed E-state index contributed by atoms with van der Waals surface area (Å²) in [4.78, 5) is 61.2. The van der Waals surface area contributed by atoms with E-state index in [0.717, 1.165) is 17.8 Å². The van der Waals surface area contributed by atoms with E-state index in [1.54, 1.807) is 27.8 Å². The molecule has 7 N–H and O–H groups in total. The molecule has 74 heavy (non-hydrogen) atoms. The molecule has 0 unspecified atom stereocenters. The second-order valence-corrected chi connectivity index (χ2v) is 18.2. The number of ether oxygens (including phenoxy) is 4. The van der Waals surface area contributed by atoms with Crippen LogP contribution < -0.4 is 21.3 Å². The first-order valence-corrected chi connectivity index (χ1v) is 24.8. The molecule has 2 saturated heterocycles. The van der Waals surface area contributed by atoms with Crippen LogP contribution in [0.15, 0.2) is 48.7 Å². The number of carboxylic acids is 3. The molecule has 0 atom stereocenters. The Morgan fingerprint density at radius 1 is 0.649 bits per heavy atom. The molecule has 410 valence electrons. The molecule has 24 heteroatoms. The summed E-state index contributed by atoms with van der Waals surface area (Å²) in [5.74, 6) is -3.36. The Kier molecular flexibility index (Phi) is 24.6. The number of nitrogens with zero attached hydrogens (tertiary/aromatic N) is 6. The zero-order valence-electron chi connectivity index (χ0n) is 42.0. The normalized spacial score (nSPS) is 16.4. The number of aliphatic carboxylic acids is 3. The van der Waals surface area contributed by atoms with Crippen molar-refractivity contribution in [3.05, 3.63) is 65.6 Å². The standard InChI is InChI=1S/C50H71F4N9O11/c1-36-28-38(30-40(51)29-36)42-31-58-49(47(48(42)63-10-6-41(55)7-11-63)37-2-4-39(5-3-37)50(52,53)54)57-9-21-72-23-25-74-27-26-73-24-22-71-20-8-56-43(64)32-59-12-14-60(33-44(65)66)16-18-62(35-46(69)70)19-17-61(15-13-59)34-45(67)68/h2-5,28-31,41H,6-27,32-35,55H2,1H3,(H,56,64)(H,57,58)(H,65,66)(H,67,68)(H,69,70). The van der Waals surface area contributed by atoms with E-state index in [-0.39, 0.29) is 97.3 Å². The van der Waals surface area contributed by atoms with Crippen LogP contribution in [0.3, 0.4) is 0 Å². The molecule has 3 aromatic rings. The highest BCUT2D eigenvalue weighted by Gasteiger charge is 2.31. The van der Waals surface area contributed by atoms with Crippen LogP contribution >= 0.6 is 0 Å². The Balaban J connectivity index is 1.00. The molecule has 2 aromatic carbocycles. The number of halogens is 4. The van der Waals surface area contributed by atoms with E-state index in [9.17, 15) is 52.1 Å². The lowest BCUT2D eigenvalue weighted by atomic mass is 9.93. The summed E-state index contributed by atoms with van der Waals surface area (Å²) in [7, 11) is 0. The van der Waals surface area contributed by atoms with E-state index in [1.807, 2.05) is 11.0 Å². The Morgan fingerprint density at radius 3 is 1.57 bits per heavy atom. The summed E-state index contributed by atoms with van der Waals surface area (Å²) < 4.78 is 78.3. The monoisotopic (exact) mass is 1050 g/mol. The fraction of sp³-hybridized carbons (Fsp3) is 0.580. The van der Waals surface area contributed by atoms with E-state index in [1.165, 1.54) is 24.3 Å². The number of nitrogens with two attached hydrogens (primary N) is 1. The van der Waals surface area contributed by atoms with Crippen molar-refractivity contribution in [1.29, 1.82) is 0 Å². The van der Waals surface area contributed by atoms with Gasteiger partial charge in [-0.3, -0.25) is 38.8 Å². The Hall–Kier alpha value is -5.57. The van der Waals surface area contributed by atoms with Gasteiger partial charge in [0.25, 0.3) is 0 Å². The third-order valence-electron chi connectivity index (χ3n) is 12.4. The summed E-state index contributed by atoms with van der Waals surface area (Å²) in [5, 5.41) is 34.4. The summed E-state index contributed by atoms with van der Waals surface area (Å²) in [6, 6.07) is 9.66. The molecule has 0 bridgehead atoms. The molecule has 1 amide bonds. The van der Waals surface area contributed by atoms with Crippen LogP contribution in [-0.2, 0) is 44.3 Å². The van der Waals surface area contributed by atoms with Crippen molar-refractivity contribution >= 4 is 35.3 Å². The molecule has 3 heterocycles. The minimum absolute atomic E-state index is 0.00412. The molecule has 0 aliphatic carbocycles. The molecular formula is C50H71F4N9O11. The first kappa shape index (κ1) is 59.3. The zero-order valence-corrected chi connectivity index (χ0v) is 42.0. The molecule has 5 rings (SSSR count). The minimum Gasteiger partial charge on any atom is -0.480 e. The van der Waals surface area contributed by atoms with Gasteiger partial charge in [0, 0.05) is 102 Å². The number of alkyl halides is 3. The van der Waals surface area contributed by atoms with Crippen molar-refractivity contribution in [3.8, 4) is 22.3 Å². The number of anilines is 2. The van der Waals surface area contributed by atoms with E-state index < -0.39 is 35.5 Å². The van der Waals surface area contributed by atoms with Crippen LogP contribution in [0.5, 0.6) is 0 Å². The van der Waals surface area contributed by atoms with Gasteiger partial charge in [-0.1, -0.05) is 18.2 Å². The smallest absolute Gasteiger partial charge is 0.416 e. The maximum absolute atomic E-state index is 14.8. The van der Waals surface area contributed by atoms with Gasteiger partial charge in [-0.25, -0.2) is 9.37 Å². The molecule has 2 aliphatic rings. The number of piperidine rings is 1. The number of carboxylic acid groups (broad SMARTS) is 3. The van der Waals surface area contributed by atoms with Crippen molar-refractivity contribution in [2.75, 3.05) is 168 Å². The van der Waals surface area contributed by atoms with Gasteiger partial charge in [0.1, 0.15) is 11.6 Å². The van der Waals surface area contributed by atoms with Gasteiger partial charge in [0.15, 0.2) is 0 Å². The summed E-state index contributed by atoms with van der Waals surface area (Å²) >= 11 is 0. The molecule has 1 aromatic heterocycles. The highest BCUT2D eigenvalue weighted by atomic mass is 19.4. The third-order valence-corrected chi connectivity index (χ3v) is 12.4. The van der Waals surface area contributed by atoms with Crippen LogP contribution in [0.25, 0.3) is 22.3 Å². The van der Waals surface area contributed by atoms with Gasteiger partial charge in [0.05, 0.1) is 90.3 Å². The fourth-order valence-corrected chi connectivity index (χ4v) is 8.60. The van der Waals surface area contributed by atoms with Gasteiger partial charge in [0.2, 0.25) is 5.91 Å². The average molecular weight is 1050 g/mol. The van der Waals surface area contributed by atoms with Crippen molar-refractivity contribution < 1.29 is 71.0 Å². The SMILES string of the molecule is Cc1cc(F)cc(-c2cnc(NCCOCCOCCOCCOCCNC(=O)CN3CCN(CC(=O)O)CCN(CC(=O)O)CCN(CC(=O)O)CC3)c(-c3ccc(C(F)(F)F)cc3)c2N2CCC(N)CC2)c1. The van der Waals surface area contributed by atoms with Gasteiger partial charge in [-0.2, -0.15) is 13.2 Å². The number of benzene rings is 2. The maximum Gasteiger partial charge on any atom is 0.416 e. The first-order valence-electron chi connectivity index (χ1n) is 24.8. The number of carbonyl (C=O) groups excluding carboxylic acids is 1. The van der Waals surface area contributed by atoms with Crippen LogP contribution in [-0.4, -0.2) is 227 Å². The predicted octanol–water partition coefficient (Wildman–Crippen LogP) is 2.88. The third kappa shape index (κ3) is 21.0. The Bertz CT molecular complexity index is 2190. The molecule has 20 nitrogen and oxygen atoms in total. The van der Waals surface area contributed by atoms with Crippen LogP contribution in [0.2, 0.25) is 0 Å². The molecule has 0 radical (unpaired) electrons. The average Bonchev–Trinajstić information content (AvgIpc) is 3.33. The summed E-state index contributed by atoms with van der Waals surface area (Å²) in [5.41, 5.74) is 9.25. The highest BCUT2D eigenvalue weighted by molar-refractivity contribution is 5.96. The number of amides is 1. The topological polar surface area (TPSA) is 245 Å². The summed E-state index contributed by atoms with van der Waals surface area (Å²) in [6.45, 7) is 7.37. The van der Waals surface area contributed by atoms with Gasteiger partial charge >= 0.3 is 24.1 Å². The van der Waals surface area contributed by atoms with E-state index >= 15 is 0 Å². The van der Waals surface area contributed by atoms with E-state index in [0.29, 0.717) is 119 Å².